The number of aromatic nitrogens is 1. The molecule has 6 nitrogen and oxygen atoms in total. The largest absolute Gasteiger partial charge is 0.352 e. The fraction of sp³-hybridized carbons (Fsp3) is 0.538. The van der Waals surface area contributed by atoms with Gasteiger partial charge < -0.3 is 15.6 Å². The van der Waals surface area contributed by atoms with Gasteiger partial charge in [-0.2, -0.15) is 0 Å². The van der Waals surface area contributed by atoms with Crippen molar-refractivity contribution in [2.75, 3.05) is 31.6 Å². The van der Waals surface area contributed by atoms with Gasteiger partial charge in [-0.3, -0.25) is 4.79 Å². The minimum absolute atomic E-state index is 0.137. The Hall–Kier alpha value is -1.66. The summed E-state index contributed by atoms with van der Waals surface area (Å²) in [5.74, 6) is 5.59. The van der Waals surface area contributed by atoms with Gasteiger partial charge in [-0.1, -0.05) is 0 Å². The van der Waals surface area contributed by atoms with Crippen LogP contribution in [0.5, 0.6) is 0 Å². The van der Waals surface area contributed by atoms with E-state index in [0.717, 1.165) is 13.0 Å². The third-order valence-electron chi connectivity index (χ3n) is 3.32. The van der Waals surface area contributed by atoms with Gasteiger partial charge in [-0.25, -0.2) is 10.8 Å². The Balaban J connectivity index is 1.74. The van der Waals surface area contributed by atoms with E-state index < -0.39 is 0 Å². The molecule has 0 spiro atoms. The molecular weight excluding hydrogens is 242 g/mol. The number of pyridine rings is 1. The number of hydrazine groups is 1. The summed E-state index contributed by atoms with van der Waals surface area (Å²) in [7, 11) is 0. The van der Waals surface area contributed by atoms with Crippen molar-refractivity contribution < 1.29 is 4.79 Å². The molecule has 1 aliphatic rings. The second-order valence-corrected chi connectivity index (χ2v) is 4.70. The van der Waals surface area contributed by atoms with Gasteiger partial charge in [-0.15, -0.1) is 0 Å². The van der Waals surface area contributed by atoms with Crippen molar-refractivity contribution >= 4 is 11.7 Å². The van der Waals surface area contributed by atoms with Gasteiger partial charge in [0.1, 0.15) is 0 Å². The number of nitrogens with two attached hydrogens (primary N) is 1. The molecule has 0 aliphatic carbocycles. The maximum Gasteiger partial charge on any atom is 0.255 e. The number of hydrogen-bond acceptors (Lipinski definition) is 5. The summed E-state index contributed by atoms with van der Waals surface area (Å²) >= 11 is 0. The minimum atomic E-state index is -0.137. The summed E-state index contributed by atoms with van der Waals surface area (Å²) in [5, 5.41) is 2.90. The van der Waals surface area contributed by atoms with E-state index in [4.69, 9.17) is 5.84 Å². The molecule has 2 heterocycles. The molecule has 1 aromatic heterocycles. The Morgan fingerprint density at radius 1 is 1.42 bits per heavy atom. The summed E-state index contributed by atoms with van der Waals surface area (Å²) in [5.41, 5.74) is 2.91. The van der Waals surface area contributed by atoms with Crippen LogP contribution in [0.4, 0.5) is 5.82 Å². The first-order valence-corrected chi connectivity index (χ1v) is 6.73. The van der Waals surface area contributed by atoms with Crippen LogP contribution in [0.25, 0.3) is 0 Å². The lowest BCUT2D eigenvalue weighted by Crippen LogP contribution is -2.29. The highest BCUT2D eigenvalue weighted by Crippen LogP contribution is 2.09. The molecular formula is C13H21N5O. The molecule has 1 aromatic rings. The van der Waals surface area contributed by atoms with Gasteiger partial charge >= 0.3 is 0 Å². The quantitative estimate of drug-likeness (QED) is 0.397. The first-order chi connectivity index (χ1) is 9.31. The summed E-state index contributed by atoms with van der Waals surface area (Å²) in [6.07, 6.45) is 5.16. The first kappa shape index (κ1) is 13.8. The molecule has 0 unspecified atom stereocenters. The molecule has 1 aliphatic heterocycles. The van der Waals surface area contributed by atoms with Crippen LogP contribution in [0.15, 0.2) is 18.3 Å². The van der Waals surface area contributed by atoms with E-state index >= 15 is 0 Å². The summed E-state index contributed by atoms with van der Waals surface area (Å²) in [4.78, 5) is 18.4. The van der Waals surface area contributed by atoms with Crippen LogP contribution in [0.3, 0.4) is 0 Å². The molecule has 0 bridgehead atoms. The van der Waals surface area contributed by atoms with Gasteiger partial charge in [0.25, 0.3) is 5.91 Å². The second-order valence-electron chi connectivity index (χ2n) is 4.70. The molecule has 0 saturated carbocycles. The highest BCUT2D eigenvalue weighted by Gasteiger charge is 2.12. The number of anilines is 1. The van der Waals surface area contributed by atoms with Gasteiger partial charge in [0.2, 0.25) is 0 Å². The molecule has 1 fully saturated rings. The number of amides is 1. The Kier molecular flexibility index (Phi) is 5.11. The van der Waals surface area contributed by atoms with E-state index in [1.54, 1.807) is 18.3 Å². The Bertz CT molecular complexity index is 417. The second kappa shape index (κ2) is 7.06. The van der Waals surface area contributed by atoms with E-state index in [1.807, 2.05) is 0 Å². The topological polar surface area (TPSA) is 83.3 Å². The van der Waals surface area contributed by atoms with Crippen LogP contribution in [-0.2, 0) is 0 Å². The van der Waals surface area contributed by atoms with Crippen molar-refractivity contribution in [3.63, 3.8) is 0 Å². The number of hydrogen-bond donors (Lipinski definition) is 3. The zero-order valence-corrected chi connectivity index (χ0v) is 11.1. The molecule has 104 valence electrons. The van der Waals surface area contributed by atoms with Crippen LogP contribution < -0.4 is 16.6 Å². The maximum absolute atomic E-state index is 12.0. The molecule has 6 heteroatoms. The molecule has 2 rings (SSSR count). The van der Waals surface area contributed by atoms with Crippen LogP contribution in [0.2, 0.25) is 0 Å². The zero-order chi connectivity index (χ0) is 13.5. The maximum atomic E-state index is 12.0. The lowest BCUT2D eigenvalue weighted by atomic mass is 10.2. The van der Waals surface area contributed by atoms with E-state index in [0.29, 0.717) is 17.9 Å². The smallest absolute Gasteiger partial charge is 0.255 e. The van der Waals surface area contributed by atoms with Crippen molar-refractivity contribution in [1.29, 1.82) is 0 Å². The summed E-state index contributed by atoms with van der Waals surface area (Å²) < 4.78 is 0. The predicted molar refractivity (Wildman–Crippen MR) is 74.7 cm³/mol. The molecule has 1 saturated heterocycles. The number of likely N-dealkylation sites (tertiary alicyclic amines) is 1. The minimum Gasteiger partial charge on any atom is -0.352 e. The molecule has 0 radical (unpaired) electrons. The van der Waals surface area contributed by atoms with Crippen molar-refractivity contribution in [2.45, 2.75) is 19.3 Å². The highest BCUT2D eigenvalue weighted by atomic mass is 16.1. The number of nitrogens with zero attached hydrogens (tertiary/aromatic N) is 2. The van der Waals surface area contributed by atoms with E-state index in [1.165, 1.54) is 25.9 Å². The van der Waals surface area contributed by atoms with Crippen LogP contribution in [0.1, 0.15) is 29.6 Å². The van der Waals surface area contributed by atoms with E-state index in [2.05, 4.69) is 20.6 Å². The number of nitrogen functional groups attached to an aromatic ring is 1. The highest BCUT2D eigenvalue weighted by molar-refractivity contribution is 5.98. The number of carbonyl (C=O) groups is 1. The molecule has 0 atom stereocenters. The normalized spacial score (nSPS) is 15.4. The summed E-state index contributed by atoms with van der Waals surface area (Å²) in [6, 6.07) is 3.43. The van der Waals surface area contributed by atoms with Crippen molar-refractivity contribution in [3.05, 3.63) is 23.9 Å². The van der Waals surface area contributed by atoms with Crippen LogP contribution >= 0.6 is 0 Å². The first-order valence-electron chi connectivity index (χ1n) is 6.73. The Morgan fingerprint density at radius 2 is 2.21 bits per heavy atom. The Labute approximate surface area is 113 Å². The predicted octanol–water partition coefficient (Wildman–Crippen LogP) is 0.583. The van der Waals surface area contributed by atoms with Gasteiger partial charge in [0.05, 0.1) is 5.56 Å². The van der Waals surface area contributed by atoms with E-state index in [9.17, 15) is 4.79 Å². The van der Waals surface area contributed by atoms with E-state index in [-0.39, 0.29) is 5.91 Å². The third-order valence-corrected chi connectivity index (χ3v) is 3.32. The monoisotopic (exact) mass is 263 g/mol. The van der Waals surface area contributed by atoms with Crippen molar-refractivity contribution in [3.8, 4) is 0 Å². The van der Waals surface area contributed by atoms with Gasteiger partial charge in [-0.05, 0) is 51.0 Å². The average Bonchev–Trinajstić information content (AvgIpc) is 2.96. The zero-order valence-electron chi connectivity index (χ0n) is 11.1. The van der Waals surface area contributed by atoms with Crippen molar-refractivity contribution in [1.82, 2.24) is 15.2 Å². The SMILES string of the molecule is NNc1ncccc1C(=O)NCCCN1CCCC1. The standard InChI is InChI=1S/C13H21N5O/c14-17-12-11(5-3-6-15-12)13(19)16-7-4-10-18-8-1-2-9-18/h3,5-6H,1-2,4,7-10,14H2,(H,15,17)(H,16,19). The summed E-state index contributed by atoms with van der Waals surface area (Å²) in [6.45, 7) is 4.11. The lowest BCUT2D eigenvalue weighted by molar-refractivity contribution is 0.0952. The molecule has 19 heavy (non-hydrogen) atoms. The average molecular weight is 263 g/mol. The van der Waals surface area contributed by atoms with Crippen LogP contribution in [0, 0.1) is 0 Å². The van der Waals surface area contributed by atoms with Gasteiger partial charge in [0.15, 0.2) is 5.82 Å². The fourth-order valence-corrected chi connectivity index (χ4v) is 2.31. The lowest BCUT2D eigenvalue weighted by Gasteiger charge is -2.14. The number of rotatable bonds is 6. The molecule has 1 amide bonds. The van der Waals surface area contributed by atoms with Crippen LogP contribution in [-0.4, -0.2) is 42.0 Å². The fourth-order valence-electron chi connectivity index (χ4n) is 2.31. The molecule has 0 aromatic carbocycles. The number of carbonyl (C=O) groups excluding carboxylic acids is 1. The third kappa shape index (κ3) is 3.90. The number of nitrogens with one attached hydrogen (secondary N) is 2. The Morgan fingerprint density at radius 3 is 2.95 bits per heavy atom. The van der Waals surface area contributed by atoms with Crippen molar-refractivity contribution in [2.24, 2.45) is 5.84 Å². The molecule has 4 N–H and O–H groups in total. The van der Waals surface area contributed by atoms with Gasteiger partial charge in [0, 0.05) is 12.7 Å².